The van der Waals surface area contributed by atoms with Crippen molar-refractivity contribution in [1.29, 1.82) is 0 Å². The van der Waals surface area contributed by atoms with Crippen molar-refractivity contribution in [2.24, 2.45) is 0 Å². The number of anilines is 2. The maximum absolute atomic E-state index is 14.2. The summed E-state index contributed by atoms with van der Waals surface area (Å²) in [5.74, 6) is -3.90. The fourth-order valence-electron chi connectivity index (χ4n) is 5.97. The van der Waals surface area contributed by atoms with Gasteiger partial charge in [0.15, 0.2) is 15.6 Å². The summed E-state index contributed by atoms with van der Waals surface area (Å²) in [4.78, 5) is 52.0. The lowest BCUT2D eigenvalue weighted by Crippen LogP contribution is -2.25. The first-order chi connectivity index (χ1) is 24.9. The minimum Gasteiger partial charge on any atom is -0.481 e. The molecule has 16 nitrogen and oxygen atoms in total. The van der Waals surface area contributed by atoms with Crippen molar-refractivity contribution in [1.82, 2.24) is 4.98 Å². The molecule has 1 aliphatic rings. The SMILES string of the molecule is O=C(O)CCCS(=O)(=O)c1ccc(Nc2cc(S(=O)(=O)O)c3[nH]c(=O)c(C(=O)OCc4ccccc4)c4c3c2C(=O)c2ccccc2-4)c(S(=O)(=O)O)c1. The number of hydrogen-bond acceptors (Lipinski definition) is 12. The van der Waals surface area contributed by atoms with Crippen LogP contribution in [-0.4, -0.2) is 67.9 Å². The van der Waals surface area contributed by atoms with E-state index >= 15 is 0 Å². The molecule has 5 N–H and O–H groups in total. The molecule has 1 heterocycles. The standard InChI is InChI=1S/C34H26N2O14S3/c37-26(38)11-6-14-51(42,43)19-12-13-22(24(15-19)52(44,45)46)35-23-16-25(53(47,48)49)31-29-27(20-9-4-5-10-21(20)32(39)28(23)29)30(33(40)36-31)34(41)50-17-18-7-2-1-3-8-18/h1-5,7-10,12-13,15-16,35H,6,11,14,17H2,(H,36,40)(H,37,38)(H,44,45,46)(H,47,48,49). The topological polar surface area (TPSA) is 268 Å². The van der Waals surface area contributed by atoms with Crippen molar-refractivity contribution in [3.8, 4) is 11.1 Å². The van der Waals surface area contributed by atoms with Gasteiger partial charge in [-0.3, -0.25) is 23.5 Å². The molecule has 0 radical (unpaired) electrons. The Labute approximate surface area is 300 Å². The van der Waals surface area contributed by atoms with E-state index in [-0.39, 0.29) is 35.1 Å². The molecule has 0 bridgehead atoms. The Morgan fingerprint density at radius 2 is 1.40 bits per heavy atom. The van der Waals surface area contributed by atoms with Crippen molar-refractivity contribution in [2.45, 2.75) is 34.1 Å². The maximum atomic E-state index is 14.2. The molecule has 0 saturated carbocycles. The highest BCUT2D eigenvalue weighted by atomic mass is 32.2. The van der Waals surface area contributed by atoms with Crippen LogP contribution in [0, 0.1) is 0 Å². The molecule has 53 heavy (non-hydrogen) atoms. The number of nitrogens with one attached hydrogen (secondary N) is 2. The predicted octanol–water partition coefficient (Wildman–Crippen LogP) is 3.97. The van der Waals surface area contributed by atoms with Crippen LogP contribution in [0.5, 0.6) is 0 Å². The number of rotatable bonds is 12. The molecule has 5 aromatic rings. The van der Waals surface area contributed by atoms with E-state index in [1.807, 2.05) is 0 Å². The third kappa shape index (κ3) is 7.19. The van der Waals surface area contributed by atoms with Crippen LogP contribution in [-0.2, 0) is 46.2 Å². The van der Waals surface area contributed by atoms with E-state index in [0.717, 1.165) is 18.2 Å². The third-order valence-electron chi connectivity index (χ3n) is 8.28. The maximum Gasteiger partial charge on any atom is 0.344 e. The van der Waals surface area contributed by atoms with Crippen molar-refractivity contribution in [3.05, 3.63) is 111 Å². The molecule has 1 aromatic heterocycles. The van der Waals surface area contributed by atoms with E-state index in [4.69, 9.17) is 9.84 Å². The van der Waals surface area contributed by atoms with Gasteiger partial charge in [-0.15, -0.1) is 0 Å². The molecular formula is C34H26N2O14S3. The Hall–Kier alpha value is -5.73. The number of hydrogen-bond donors (Lipinski definition) is 5. The molecule has 6 rings (SSSR count). The number of pyridine rings is 1. The van der Waals surface area contributed by atoms with Crippen LogP contribution in [0.1, 0.15) is 44.7 Å². The fraction of sp³-hybridized carbons (Fsp3) is 0.118. The number of ketones is 1. The largest absolute Gasteiger partial charge is 0.481 e. The van der Waals surface area contributed by atoms with E-state index < -0.39 is 108 Å². The van der Waals surface area contributed by atoms with E-state index in [1.165, 1.54) is 24.3 Å². The monoisotopic (exact) mass is 782 g/mol. The van der Waals surface area contributed by atoms with Gasteiger partial charge in [-0.05, 0) is 41.8 Å². The zero-order chi connectivity index (χ0) is 38.5. The number of H-pyrrole nitrogens is 1. The van der Waals surface area contributed by atoms with E-state index in [9.17, 15) is 53.5 Å². The fourth-order valence-corrected chi connectivity index (χ4v) is 8.73. The van der Waals surface area contributed by atoms with E-state index in [0.29, 0.717) is 11.6 Å². The summed E-state index contributed by atoms with van der Waals surface area (Å²) >= 11 is 0. The highest BCUT2D eigenvalue weighted by molar-refractivity contribution is 7.91. The molecular weight excluding hydrogens is 757 g/mol. The lowest BCUT2D eigenvalue weighted by atomic mass is 9.81. The normalized spacial score (nSPS) is 12.7. The number of esters is 1. The van der Waals surface area contributed by atoms with Crippen molar-refractivity contribution >= 4 is 70.1 Å². The number of fused-ring (bicyclic) bond motifs is 2. The first-order valence-electron chi connectivity index (χ1n) is 15.3. The number of carboxylic acids is 1. The van der Waals surface area contributed by atoms with Gasteiger partial charge in [0.1, 0.15) is 22.0 Å². The van der Waals surface area contributed by atoms with Gasteiger partial charge < -0.3 is 20.1 Å². The van der Waals surface area contributed by atoms with Crippen molar-refractivity contribution < 1.29 is 58.6 Å². The molecule has 0 spiro atoms. The van der Waals surface area contributed by atoms with Crippen LogP contribution in [0.15, 0.2) is 98.3 Å². The van der Waals surface area contributed by atoms with Gasteiger partial charge in [0.25, 0.3) is 25.8 Å². The average molecular weight is 783 g/mol. The number of carbonyl (C=O) groups is 3. The summed E-state index contributed by atoms with van der Waals surface area (Å²) in [6.07, 6.45) is -0.810. The van der Waals surface area contributed by atoms with Gasteiger partial charge in [-0.1, -0.05) is 54.6 Å². The van der Waals surface area contributed by atoms with Crippen LogP contribution in [0.3, 0.4) is 0 Å². The number of aromatic nitrogens is 1. The van der Waals surface area contributed by atoms with Crippen molar-refractivity contribution in [2.75, 3.05) is 11.1 Å². The number of aromatic amines is 1. The second-order valence-electron chi connectivity index (χ2n) is 11.7. The molecule has 274 valence electrons. The molecule has 0 atom stereocenters. The predicted molar refractivity (Wildman–Crippen MR) is 187 cm³/mol. The minimum absolute atomic E-state index is 0.0299. The van der Waals surface area contributed by atoms with Crippen LogP contribution in [0.2, 0.25) is 0 Å². The lowest BCUT2D eigenvalue weighted by molar-refractivity contribution is -0.137. The first kappa shape index (κ1) is 37.0. The summed E-state index contributed by atoms with van der Waals surface area (Å²) in [6.45, 7) is -0.272. The van der Waals surface area contributed by atoms with Gasteiger partial charge in [-0.25, -0.2) is 13.2 Å². The Morgan fingerprint density at radius 3 is 2.04 bits per heavy atom. The third-order valence-corrected chi connectivity index (χ3v) is 11.9. The van der Waals surface area contributed by atoms with Crippen LogP contribution in [0.4, 0.5) is 11.4 Å². The smallest absolute Gasteiger partial charge is 0.344 e. The number of sulfone groups is 1. The van der Waals surface area contributed by atoms with Crippen LogP contribution in [0.25, 0.3) is 22.0 Å². The van der Waals surface area contributed by atoms with Gasteiger partial charge in [-0.2, -0.15) is 16.8 Å². The molecule has 0 fully saturated rings. The van der Waals surface area contributed by atoms with Crippen LogP contribution >= 0.6 is 0 Å². The zero-order valence-corrected chi connectivity index (χ0v) is 29.3. The summed E-state index contributed by atoms with van der Waals surface area (Å²) in [7, 11) is -14.8. The van der Waals surface area contributed by atoms with Crippen molar-refractivity contribution in [3.63, 3.8) is 0 Å². The average Bonchev–Trinajstić information content (AvgIpc) is 3.08. The number of carboxylic acid groups (broad SMARTS) is 1. The molecule has 0 unspecified atom stereocenters. The van der Waals surface area contributed by atoms with Gasteiger partial charge in [0.2, 0.25) is 0 Å². The Kier molecular flexibility index (Phi) is 9.56. The minimum atomic E-state index is -5.26. The Bertz CT molecular complexity index is 2780. The molecule has 0 saturated heterocycles. The molecule has 4 aromatic carbocycles. The Balaban J connectivity index is 1.60. The highest BCUT2D eigenvalue weighted by Crippen LogP contribution is 2.46. The summed E-state index contributed by atoms with van der Waals surface area (Å²) in [5, 5.41) is 11.1. The molecule has 0 amide bonds. The van der Waals surface area contributed by atoms with E-state index in [2.05, 4.69) is 10.3 Å². The number of carbonyl (C=O) groups excluding carboxylic acids is 2. The number of benzene rings is 4. The van der Waals surface area contributed by atoms with Gasteiger partial charge >= 0.3 is 11.9 Å². The zero-order valence-electron chi connectivity index (χ0n) is 26.9. The van der Waals surface area contributed by atoms with E-state index in [1.54, 1.807) is 30.3 Å². The summed E-state index contributed by atoms with van der Waals surface area (Å²) < 4.78 is 102. The second kappa shape index (κ2) is 13.7. The molecule has 19 heteroatoms. The number of aliphatic carboxylic acids is 1. The first-order valence-corrected chi connectivity index (χ1v) is 19.8. The Morgan fingerprint density at radius 1 is 0.755 bits per heavy atom. The van der Waals surface area contributed by atoms with Gasteiger partial charge in [0, 0.05) is 22.9 Å². The summed E-state index contributed by atoms with van der Waals surface area (Å²) in [6, 6.07) is 17.3. The number of ether oxygens (including phenoxy) is 1. The van der Waals surface area contributed by atoms with Gasteiger partial charge in [0.05, 0.1) is 33.1 Å². The highest BCUT2D eigenvalue weighted by Gasteiger charge is 2.36. The second-order valence-corrected chi connectivity index (χ2v) is 16.6. The lowest BCUT2D eigenvalue weighted by Gasteiger charge is -2.25. The molecule has 0 aliphatic heterocycles. The molecule has 1 aliphatic carbocycles. The quantitative estimate of drug-likeness (QED) is 0.0868. The summed E-state index contributed by atoms with van der Waals surface area (Å²) in [5.41, 5.74) is -3.49. The van der Waals surface area contributed by atoms with Crippen LogP contribution < -0.4 is 10.9 Å².